The summed E-state index contributed by atoms with van der Waals surface area (Å²) in [4.78, 5) is 12.2. The Kier molecular flexibility index (Phi) is 5.48. The maximum atomic E-state index is 12.2. The normalized spacial score (nSPS) is 10.2. The average molecular weight is 324 g/mol. The van der Waals surface area contributed by atoms with Gasteiger partial charge in [0.2, 0.25) is 0 Å². The molecule has 0 aromatic heterocycles. The van der Waals surface area contributed by atoms with Crippen LogP contribution < -0.4 is 10.1 Å². The van der Waals surface area contributed by atoms with Gasteiger partial charge in [-0.15, -0.1) is 11.6 Å². The molecule has 0 unspecified atom stereocenters. The Morgan fingerprint density at radius 3 is 2.67 bits per heavy atom. The molecule has 2 aromatic rings. The van der Waals surface area contributed by atoms with Crippen LogP contribution >= 0.6 is 23.2 Å². The molecule has 1 N–H and O–H groups in total. The third-order valence-corrected chi connectivity index (χ3v) is 3.55. The van der Waals surface area contributed by atoms with Crippen LogP contribution in [0.15, 0.2) is 42.5 Å². The molecule has 0 fully saturated rings. The van der Waals surface area contributed by atoms with Crippen LogP contribution in [0.4, 0.5) is 0 Å². The Balaban J connectivity index is 2.08. The zero-order chi connectivity index (χ0) is 15.2. The van der Waals surface area contributed by atoms with E-state index in [4.69, 9.17) is 27.9 Å². The minimum Gasteiger partial charge on any atom is -0.496 e. The van der Waals surface area contributed by atoms with Crippen LogP contribution in [0.3, 0.4) is 0 Å². The molecule has 2 aromatic carbocycles. The highest BCUT2D eigenvalue weighted by atomic mass is 35.5. The van der Waals surface area contributed by atoms with Gasteiger partial charge in [0.1, 0.15) is 5.75 Å². The van der Waals surface area contributed by atoms with Gasteiger partial charge < -0.3 is 10.1 Å². The van der Waals surface area contributed by atoms with Crippen LogP contribution in [-0.2, 0) is 12.4 Å². The maximum Gasteiger partial charge on any atom is 0.255 e. The van der Waals surface area contributed by atoms with Gasteiger partial charge in [0, 0.05) is 17.4 Å². The molecule has 0 atom stereocenters. The molecule has 0 aliphatic heterocycles. The standard InChI is InChI=1S/C16H15Cl2NO2/c1-21-15-8-13(18)5-6-14(15)16(20)19-10-12-4-2-3-11(7-12)9-17/h2-8H,9-10H2,1H3,(H,19,20). The summed E-state index contributed by atoms with van der Waals surface area (Å²) < 4.78 is 5.17. The smallest absolute Gasteiger partial charge is 0.255 e. The molecule has 0 saturated carbocycles. The number of methoxy groups -OCH3 is 1. The fraction of sp³-hybridized carbons (Fsp3) is 0.188. The van der Waals surface area contributed by atoms with Gasteiger partial charge in [0.25, 0.3) is 5.91 Å². The van der Waals surface area contributed by atoms with E-state index in [-0.39, 0.29) is 5.91 Å². The van der Waals surface area contributed by atoms with Gasteiger partial charge in [0.15, 0.2) is 0 Å². The quantitative estimate of drug-likeness (QED) is 0.844. The van der Waals surface area contributed by atoms with Crippen molar-refractivity contribution < 1.29 is 9.53 Å². The van der Waals surface area contributed by atoms with E-state index >= 15 is 0 Å². The fourth-order valence-electron chi connectivity index (χ4n) is 1.95. The summed E-state index contributed by atoms with van der Waals surface area (Å²) in [6, 6.07) is 12.7. The van der Waals surface area contributed by atoms with Gasteiger partial charge in [-0.05, 0) is 29.3 Å². The minimum atomic E-state index is -0.209. The number of hydrogen-bond acceptors (Lipinski definition) is 2. The zero-order valence-corrected chi connectivity index (χ0v) is 13.0. The first-order valence-corrected chi connectivity index (χ1v) is 7.31. The predicted octanol–water partition coefficient (Wildman–Crippen LogP) is 4.02. The number of carbonyl (C=O) groups excluding carboxylic acids is 1. The first kappa shape index (κ1) is 15.7. The van der Waals surface area contributed by atoms with E-state index in [0.717, 1.165) is 11.1 Å². The second kappa shape index (κ2) is 7.34. The summed E-state index contributed by atoms with van der Waals surface area (Å²) in [5.74, 6) is 0.696. The summed E-state index contributed by atoms with van der Waals surface area (Å²) in [6.45, 7) is 0.426. The van der Waals surface area contributed by atoms with Crippen LogP contribution in [-0.4, -0.2) is 13.0 Å². The second-order valence-corrected chi connectivity index (χ2v) is 5.18. The SMILES string of the molecule is COc1cc(Cl)ccc1C(=O)NCc1cccc(CCl)c1. The van der Waals surface area contributed by atoms with Crippen molar-refractivity contribution in [1.82, 2.24) is 5.32 Å². The van der Waals surface area contributed by atoms with E-state index in [1.807, 2.05) is 24.3 Å². The molecule has 2 rings (SSSR count). The largest absolute Gasteiger partial charge is 0.496 e. The summed E-state index contributed by atoms with van der Waals surface area (Å²) in [5.41, 5.74) is 2.47. The molecule has 0 saturated heterocycles. The number of alkyl halides is 1. The van der Waals surface area contributed by atoms with E-state index < -0.39 is 0 Å². The molecule has 0 spiro atoms. The fourth-order valence-corrected chi connectivity index (χ4v) is 2.28. The molecule has 0 heterocycles. The topological polar surface area (TPSA) is 38.3 Å². The number of amides is 1. The molecular weight excluding hydrogens is 309 g/mol. The monoisotopic (exact) mass is 323 g/mol. The molecule has 21 heavy (non-hydrogen) atoms. The van der Waals surface area contributed by atoms with Gasteiger partial charge in [-0.25, -0.2) is 0 Å². The molecule has 3 nitrogen and oxygen atoms in total. The minimum absolute atomic E-state index is 0.209. The van der Waals surface area contributed by atoms with Crippen molar-refractivity contribution in [2.45, 2.75) is 12.4 Å². The third kappa shape index (κ3) is 4.13. The number of hydrogen-bond donors (Lipinski definition) is 1. The second-order valence-electron chi connectivity index (χ2n) is 4.48. The first-order chi connectivity index (χ1) is 10.1. The lowest BCUT2D eigenvalue weighted by atomic mass is 10.1. The maximum absolute atomic E-state index is 12.2. The Labute approximate surface area is 133 Å². The first-order valence-electron chi connectivity index (χ1n) is 6.39. The van der Waals surface area contributed by atoms with E-state index in [0.29, 0.717) is 28.8 Å². The molecule has 0 aliphatic carbocycles. The molecule has 5 heteroatoms. The molecule has 1 amide bonds. The number of ether oxygens (including phenoxy) is 1. The van der Waals surface area contributed by atoms with Crippen molar-refractivity contribution in [3.05, 3.63) is 64.2 Å². The van der Waals surface area contributed by atoms with Crippen molar-refractivity contribution in [2.75, 3.05) is 7.11 Å². The third-order valence-electron chi connectivity index (χ3n) is 3.01. The summed E-state index contributed by atoms with van der Waals surface area (Å²) in [7, 11) is 1.51. The lowest BCUT2D eigenvalue weighted by Gasteiger charge is -2.10. The van der Waals surface area contributed by atoms with Crippen molar-refractivity contribution in [3.63, 3.8) is 0 Å². The number of nitrogens with one attached hydrogen (secondary N) is 1. The predicted molar refractivity (Wildman–Crippen MR) is 85.2 cm³/mol. The highest BCUT2D eigenvalue weighted by Gasteiger charge is 2.12. The van der Waals surface area contributed by atoms with Crippen LogP contribution in [0.25, 0.3) is 0 Å². The van der Waals surface area contributed by atoms with Crippen molar-refractivity contribution in [3.8, 4) is 5.75 Å². The van der Waals surface area contributed by atoms with Gasteiger partial charge in [-0.1, -0.05) is 35.9 Å². The van der Waals surface area contributed by atoms with E-state index in [2.05, 4.69) is 5.32 Å². The average Bonchev–Trinajstić information content (AvgIpc) is 2.52. The number of benzene rings is 2. The number of carbonyl (C=O) groups is 1. The van der Waals surface area contributed by atoms with Crippen LogP contribution in [0.2, 0.25) is 5.02 Å². The summed E-state index contributed by atoms with van der Waals surface area (Å²) in [5, 5.41) is 3.38. The Morgan fingerprint density at radius 1 is 1.19 bits per heavy atom. The lowest BCUT2D eigenvalue weighted by molar-refractivity contribution is 0.0948. The molecular formula is C16H15Cl2NO2. The van der Waals surface area contributed by atoms with Crippen LogP contribution in [0.5, 0.6) is 5.75 Å². The molecule has 110 valence electrons. The lowest BCUT2D eigenvalue weighted by Crippen LogP contribution is -2.23. The molecule has 0 aliphatic rings. The molecule has 0 radical (unpaired) electrons. The van der Waals surface area contributed by atoms with E-state index in [9.17, 15) is 4.79 Å². The van der Waals surface area contributed by atoms with Gasteiger partial charge in [-0.2, -0.15) is 0 Å². The van der Waals surface area contributed by atoms with Gasteiger partial charge in [-0.3, -0.25) is 4.79 Å². The molecule has 0 bridgehead atoms. The summed E-state index contributed by atoms with van der Waals surface area (Å²) in [6.07, 6.45) is 0. The van der Waals surface area contributed by atoms with Gasteiger partial charge in [0.05, 0.1) is 12.7 Å². The highest BCUT2D eigenvalue weighted by Crippen LogP contribution is 2.23. The van der Waals surface area contributed by atoms with Crippen molar-refractivity contribution in [2.24, 2.45) is 0 Å². The summed E-state index contributed by atoms with van der Waals surface area (Å²) >= 11 is 11.7. The van der Waals surface area contributed by atoms with Crippen molar-refractivity contribution in [1.29, 1.82) is 0 Å². The van der Waals surface area contributed by atoms with Crippen LogP contribution in [0.1, 0.15) is 21.5 Å². The van der Waals surface area contributed by atoms with E-state index in [1.165, 1.54) is 7.11 Å². The highest BCUT2D eigenvalue weighted by molar-refractivity contribution is 6.30. The Morgan fingerprint density at radius 2 is 1.95 bits per heavy atom. The Hall–Kier alpha value is -1.71. The number of rotatable bonds is 5. The zero-order valence-electron chi connectivity index (χ0n) is 11.5. The Bertz CT molecular complexity index is 644. The van der Waals surface area contributed by atoms with Crippen LogP contribution in [0, 0.1) is 0 Å². The number of halogens is 2. The van der Waals surface area contributed by atoms with E-state index in [1.54, 1.807) is 18.2 Å². The van der Waals surface area contributed by atoms with Crippen molar-refractivity contribution >= 4 is 29.1 Å². The van der Waals surface area contributed by atoms with Gasteiger partial charge >= 0.3 is 0 Å².